The lowest BCUT2D eigenvalue weighted by Gasteiger charge is -2.31. The monoisotopic (exact) mass is 320 g/mol. The minimum Gasteiger partial charge on any atom is -0.489 e. The van der Waals surface area contributed by atoms with E-state index in [1.54, 1.807) is 0 Å². The molecule has 1 aromatic rings. The fourth-order valence-corrected chi connectivity index (χ4v) is 1.97. The molecule has 0 bridgehead atoms. The number of halogens is 3. The number of hydrogen-bond donors (Lipinski definition) is 2. The maximum Gasteiger partial charge on any atom is 0.223 e. The number of carbonyl (C=O) groups is 1. The average Bonchev–Trinajstić information content (AvgIpc) is 2.34. The van der Waals surface area contributed by atoms with Crippen LogP contribution in [0.5, 0.6) is 5.75 Å². The molecule has 1 fully saturated rings. The predicted octanol–water partition coefficient (Wildman–Crippen LogP) is 1.74. The highest BCUT2D eigenvalue weighted by Crippen LogP contribution is 2.17. The maximum absolute atomic E-state index is 13.3. The van der Waals surface area contributed by atoms with Crippen LogP contribution < -0.4 is 15.4 Å². The minimum atomic E-state index is -0.745. The smallest absolute Gasteiger partial charge is 0.223 e. The number of rotatable bonds is 6. The summed E-state index contributed by atoms with van der Waals surface area (Å²) in [4.78, 5) is 11.8. The zero-order valence-electron chi connectivity index (χ0n) is 11.7. The van der Waals surface area contributed by atoms with E-state index in [9.17, 15) is 13.6 Å². The van der Waals surface area contributed by atoms with Crippen LogP contribution >= 0.6 is 12.4 Å². The second kappa shape index (κ2) is 8.14. The molecule has 2 rings (SSSR count). The molecule has 118 valence electrons. The van der Waals surface area contributed by atoms with Gasteiger partial charge in [0.2, 0.25) is 5.91 Å². The van der Waals surface area contributed by atoms with Crippen LogP contribution in [0.25, 0.3) is 0 Å². The number of ether oxygens (including phenoxy) is 1. The third-order valence-electron chi connectivity index (χ3n) is 3.49. The first kappa shape index (κ1) is 17.7. The fraction of sp³-hybridized carbons (Fsp3) is 0.500. The second-order valence-electron chi connectivity index (χ2n) is 4.92. The van der Waals surface area contributed by atoms with Crippen molar-refractivity contribution >= 4 is 18.3 Å². The van der Waals surface area contributed by atoms with Crippen molar-refractivity contribution in [1.29, 1.82) is 0 Å². The number of nitrogens with one attached hydrogen (secondary N) is 2. The van der Waals surface area contributed by atoms with Crippen molar-refractivity contribution in [3.63, 3.8) is 0 Å². The van der Waals surface area contributed by atoms with Crippen molar-refractivity contribution in [2.45, 2.75) is 6.92 Å². The van der Waals surface area contributed by atoms with Gasteiger partial charge in [-0.05, 0) is 31.1 Å². The van der Waals surface area contributed by atoms with E-state index in [0.717, 1.165) is 25.2 Å². The van der Waals surface area contributed by atoms with Gasteiger partial charge < -0.3 is 15.4 Å². The van der Waals surface area contributed by atoms with Gasteiger partial charge in [-0.15, -0.1) is 12.4 Å². The molecule has 1 aromatic carbocycles. The van der Waals surface area contributed by atoms with E-state index in [1.807, 2.05) is 6.92 Å². The van der Waals surface area contributed by atoms with E-state index in [2.05, 4.69) is 10.6 Å². The summed E-state index contributed by atoms with van der Waals surface area (Å²) in [5.74, 6) is -1.10. The Morgan fingerprint density at radius 2 is 2.19 bits per heavy atom. The van der Waals surface area contributed by atoms with Gasteiger partial charge in [-0.3, -0.25) is 4.79 Å². The van der Waals surface area contributed by atoms with Crippen molar-refractivity contribution in [2.75, 3.05) is 26.2 Å². The molecule has 4 nitrogen and oxygen atoms in total. The summed E-state index contributed by atoms with van der Waals surface area (Å²) < 4.78 is 31.1. The Kier molecular flexibility index (Phi) is 6.84. The molecule has 1 aliphatic heterocycles. The highest BCUT2D eigenvalue weighted by atomic mass is 35.5. The Labute approximate surface area is 128 Å². The Balaban J connectivity index is 0.00000220. The van der Waals surface area contributed by atoms with Crippen molar-refractivity contribution < 1.29 is 18.3 Å². The summed E-state index contributed by atoms with van der Waals surface area (Å²) in [6.07, 6.45) is 0. The summed E-state index contributed by atoms with van der Waals surface area (Å²) in [6.45, 7) is 4.06. The first-order valence-electron chi connectivity index (χ1n) is 6.64. The predicted molar refractivity (Wildman–Crippen MR) is 77.6 cm³/mol. The van der Waals surface area contributed by atoms with Gasteiger partial charge in [0.05, 0.1) is 6.54 Å². The molecular formula is C14H19ClF2N2O2. The zero-order chi connectivity index (χ0) is 14.5. The molecule has 1 saturated heterocycles. The molecule has 7 heteroatoms. The standard InChI is InChI=1S/C14H18F2N2O2.ClH/c1-9(10-7-17-8-10)14(19)18-4-5-20-13-3-2-11(15)6-12(13)16;/h2-3,6,9-10,17H,4-5,7-8H2,1H3,(H,18,19);1H. The molecule has 21 heavy (non-hydrogen) atoms. The lowest BCUT2D eigenvalue weighted by atomic mass is 9.88. The van der Waals surface area contributed by atoms with Gasteiger partial charge >= 0.3 is 0 Å². The van der Waals surface area contributed by atoms with E-state index in [0.29, 0.717) is 12.5 Å². The summed E-state index contributed by atoms with van der Waals surface area (Å²) in [7, 11) is 0. The quantitative estimate of drug-likeness (QED) is 0.785. The van der Waals surface area contributed by atoms with Crippen LogP contribution in [0.3, 0.4) is 0 Å². The zero-order valence-corrected chi connectivity index (χ0v) is 12.5. The Bertz CT molecular complexity index is 484. The molecule has 0 saturated carbocycles. The summed E-state index contributed by atoms with van der Waals surface area (Å²) >= 11 is 0. The van der Waals surface area contributed by atoms with Crippen LogP contribution in [0.1, 0.15) is 6.92 Å². The normalized spacial score (nSPS) is 15.6. The van der Waals surface area contributed by atoms with Crippen LogP contribution in [0.4, 0.5) is 8.78 Å². The van der Waals surface area contributed by atoms with E-state index in [-0.39, 0.29) is 36.6 Å². The molecule has 1 unspecified atom stereocenters. The molecule has 0 aliphatic carbocycles. The van der Waals surface area contributed by atoms with Crippen LogP contribution in [0, 0.1) is 23.5 Å². The van der Waals surface area contributed by atoms with Crippen LogP contribution in [0.15, 0.2) is 18.2 Å². The fourth-order valence-electron chi connectivity index (χ4n) is 1.97. The van der Waals surface area contributed by atoms with Gasteiger partial charge in [-0.25, -0.2) is 8.78 Å². The number of benzene rings is 1. The van der Waals surface area contributed by atoms with Gasteiger partial charge in [0.1, 0.15) is 12.4 Å². The highest BCUT2D eigenvalue weighted by Gasteiger charge is 2.28. The maximum atomic E-state index is 13.3. The number of carbonyl (C=O) groups excluding carboxylic acids is 1. The topological polar surface area (TPSA) is 50.4 Å². The van der Waals surface area contributed by atoms with E-state index in [1.165, 1.54) is 6.07 Å². The third-order valence-corrected chi connectivity index (χ3v) is 3.49. The third kappa shape index (κ3) is 4.82. The Hall–Kier alpha value is -1.40. The first-order chi connectivity index (χ1) is 9.58. The van der Waals surface area contributed by atoms with Crippen molar-refractivity contribution in [1.82, 2.24) is 10.6 Å². The Morgan fingerprint density at radius 1 is 1.48 bits per heavy atom. The molecule has 0 radical (unpaired) electrons. The summed E-state index contributed by atoms with van der Waals surface area (Å²) in [5.41, 5.74) is 0. The van der Waals surface area contributed by atoms with Gasteiger partial charge in [0.15, 0.2) is 11.6 Å². The van der Waals surface area contributed by atoms with Crippen LogP contribution in [-0.4, -0.2) is 32.1 Å². The van der Waals surface area contributed by atoms with E-state index < -0.39 is 11.6 Å². The van der Waals surface area contributed by atoms with Crippen molar-refractivity contribution in [3.05, 3.63) is 29.8 Å². The van der Waals surface area contributed by atoms with Crippen LogP contribution in [-0.2, 0) is 4.79 Å². The highest BCUT2D eigenvalue weighted by molar-refractivity contribution is 5.85. The van der Waals surface area contributed by atoms with Crippen molar-refractivity contribution in [3.8, 4) is 5.75 Å². The average molecular weight is 321 g/mol. The lowest BCUT2D eigenvalue weighted by molar-refractivity contribution is -0.126. The van der Waals surface area contributed by atoms with Gasteiger partial charge in [0, 0.05) is 12.0 Å². The first-order valence-corrected chi connectivity index (χ1v) is 6.64. The summed E-state index contributed by atoms with van der Waals surface area (Å²) in [6, 6.07) is 3.12. The summed E-state index contributed by atoms with van der Waals surface area (Å²) in [5, 5.41) is 5.86. The van der Waals surface area contributed by atoms with E-state index >= 15 is 0 Å². The number of hydrogen-bond acceptors (Lipinski definition) is 3. The molecule has 0 aromatic heterocycles. The van der Waals surface area contributed by atoms with Gasteiger partial charge in [-0.1, -0.05) is 6.92 Å². The Morgan fingerprint density at radius 3 is 2.76 bits per heavy atom. The molecule has 2 N–H and O–H groups in total. The lowest BCUT2D eigenvalue weighted by Crippen LogP contribution is -2.49. The minimum absolute atomic E-state index is 0. The molecule has 1 atom stereocenters. The molecule has 0 spiro atoms. The number of amides is 1. The SMILES string of the molecule is CC(C(=O)NCCOc1ccc(F)cc1F)C1CNC1.Cl. The molecule has 1 aliphatic rings. The largest absolute Gasteiger partial charge is 0.489 e. The second-order valence-corrected chi connectivity index (χ2v) is 4.92. The van der Waals surface area contributed by atoms with Crippen LogP contribution in [0.2, 0.25) is 0 Å². The van der Waals surface area contributed by atoms with Gasteiger partial charge in [-0.2, -0.15) is 0 Å². The van der Waals surface area contributed by atoms with E-state index in [4.69, 9.17) is 4.74 Å². The van der Waals surface area contributed by atoms with Crippen molar-refractivity contribution in [2.24, 2.45) is 11.8 Å². The molecule has 1 heterocycles. The molecule has 1 amide bonds. The van der Waals surface area contributed by atoms with Gasteiger partial charge in [0.25, 0.3) is 0 Å². The molecular weight excluding hydrogens is 302 g/mol.